The molecular formula is C11H15Cl2N3O3. The quantitative estimate of drug-likeness (QED) is 0.704. The molecule has 0 aliphatic rings. The Morgan fingerprint density at radius 2 is 2.05 bits per heavy atom. The van der Waals surface area contributed by atoms with E-state index >= 15 is 0 Å². The van der Waals surface area contributed by atoms with Crippen molar-refractivity contribution in [1.82, 2.24) is 5.32 Å². The van der Waals surface area contributed by atoms with Gasteiger partial charge in [-0.1, -0.05) is 11.6 Å². The summed E-state index contributed by atoms with van der Waals surface area (Å²) in [6.45, 7) is 0.152. The summed E-state index contributed by atoms with van der Waals surface area (Å²) in [5.41, 5.74) is 11.1. The third kappa shape index (κ3) is 4.84. The first kappa shape index (κ1) is 17.3. The van der Waals surface area contributed by atoms with Crippen molar-refractivity contribution in [3.8, 4) is 5.75 Å². The zero-order valence-corrected chi connectivity index (χ0v) is 11.8. The number of nitrogens with two attached hydrogens (primary N) is 2. The molecule has 1 aromatic carbocycles. The lowest BCUT2D eigenvalue weighted by Crippen LogP contribution is -2.28. The Morgan fingerprint density at radius 3 is 2.58 bits per heavy atom. The van der Waals surface area contributed by atoms with Crippen molar-refractivity contribution in [1.29, 1.82) is 0 Å². The predicted octanol–water partition coefficient (Wildman–Crippen LogP) is 0.958. The molecule has 2 amide bonds. The first-order valence-electron chi connectivity index (χ1n) is 5.15. The van der Waals surface area contributed by atoms with E-state index in [4.69, 9.17) is 27.8 Å². The fourth-order valence-electron chi connectivity index (χ4n) is 1.31. The van der Waals surface area contributed by atoms with Crippen LogP contribution in [0.15, 0.2) is 12.1 Å². The molecule has 0 spiro atoms. The molecule has 0 unspecified atom stereocenters. The van der Waals surface area contributed by atoms with Crippen LogP contribution in [-0.4, -0.2) is 25.5 Å². The normalized spacial score (nSPS) is 9.37. The molecule has 0 saturated heterocycles. The van der Waals surface area contributed by atoms with Crippen LogP contribution in [0.4, 0.5) is 5.69 Å². The minimum atomic E-state index is -0.488. The smallest absolute Gasteiger partial charge is 0.255 e. The van der Waals surface area contributed by atoms with Gasteiger partial charge >= 0.3 is 0 Å². The maximum absolute atomic E-state index is 11.8. The lowest BCUT2D eigenvalue weighted by atomic mass is 10.1. The van der Waals surface area contributed by atoms with Crippen LogP contribution < -0.4 is 21.5 Å². The summed E-state index contributed by atoms with van der Waals surface area (Å²) in [4.78, 5) is 22.4. The minimum absolute atomic E-state index is 0. The Bertz CT molecular complexity index is 480. The molecule has 1 rings (SSSR count). The highest BCUT2D eigenvalue weighted by Gasteiger charge is 2.14. The highest BCUT2D eigenvalue weighted by Crippen LogP contribution is 2.28. The van der Waals surface area contributed by atoms with Gasteiger partial charge in [0.25, 0.3) is 5.91 Å². The second-order valence-electron chi connectivity index (χ2n) is 3.55. The topological polar surface area (TPSA) is 107 Å². The van der Waals surface area contributed by atoms with Crippen LogP contribution in [0.2, 0.25) is 5.02 Å². The molecule has 0 saturated carbocycles. The predicted molar refractivity (Wildman–Crippen MR) is 75.8 cm³/mol. The number of methoxy groups -OCH3 is 1. The van der Waals surface area contributed by atoms with Crippen LogP contribution >= 0.6 is 24.0 Å². The van der Waals surface area contributed by atoms with Gasteiger partial charge < -0.3 is 21.5 Å². The molecule has 5 N–H and O–H groups in total. The number of nitrogen functional groups attached to an aromatic ring is 1. The summed E-state index contributed by atoms with van der Waals surface area (Å²) in [6, 6.07) is 2.88. The van der Waals surface area contributed by atoms with Gasteiger partial charge in [0.2, 0.25) is 5.91 Å². The summed E-state index contributed by atoms with van der Waals surface area (Å²) in [7, 11) is 1.42. The van der Waals surface area contributed by atoms with Crippen LogP contribution in [0.25, 0.3) is 0 Å². The maximum atomic E-state index is 11.8. The number of halogens is 2. The van der Waals surface area contributed by atoms with Crippen LogP contribution in [0, 0.1) is 0 Å². The summed E-state index contributed by atoms with van der Waals surface area (Å²) >= 11 is 5.84. The van der Waals surface area contributed by atoms with E-state index in [-0.39, 0.29) is 36.0 Å². The standard InChI is InChI=1S/C11H14ClN3O3.ClH/c1-18-9-5-8(13)7(12)4-6(9)11(17)15-3-2-10(14)16;/h4-5H,2-3,13H2,1H3,(H2,14,16)(H,15,17);1H. The fourth-order valence-corrected chi connectivity index (χ4v) is 1.47. The maximum Gasteiger partial charge on any atom is 0.255 e. The molecule has 0 radical (unpaired) electrons. The molecular weight excluding hydrogens is 293 g/mol. The Morgan fingerprint density at radius 1 is 1.42 bits per heavy atom. The van der Waals surface area contributed by atoms with Gasteiger partial charge in [0, 0.05) is 19.0 Å². The van der Waals surface area contributed by atoms with Gasteiger partial charge in [-0.3, -0.25) is 9.59 Å². The zero-order chi connectivity index (χ0) is 13.7. The Hall–Kier alpha value is -1.66. The number of hydrogen-bond acceptors (Lipinski definition) is 4. The van der Waals surface area contributed by atoms with Gasteiger partial charge in [0.15, 0.2) is 0 Å². The van der Waals surface area contributed by atoms with Gasteiger partial charge in [-0.2, -0.15) is 0 Å². The average Bonchev–Trinajstić information content (AvgIpc) is 2.31. The van der Waals surface area contributed by atoms with Crippen LogP contribution in [0.1, 0.15) is 16.8 Å². The van der Waals surface area contributed by atoms with Crippen LogP contribution in [-0.2, 0) is 4.79 Å². The van der Waals surface area contributed by atoms with Crippen molar-refractivity contribution < 1.29 is 14.3 Å². The highest BCUT2D eigenvalue weighted by atomic mass is 35.5. The summed E-state index contributed by atoms with van der Waals surface area (Å²) in [5.74, 6) is -0.582. The number of nitrogens with one attached hydrogen (secondary N) is 1. The van der Waals surface area contributed by atoms with E-state index in [1.807, 2.05) is 0 Å². The summed E-state index contributed by atoms with van der Waals surface area (Å²) in [6.07, 6.45) is 0.0662. The van der Waals surface area contributed by atoms with Crippen molar-refractivity contribution >= 4 is 41.5 Å². The Kier molecular flexibility index (Phi) is 7.03. The van der Waals surface area contributed by atoms with Crippen molar-refractivity contribution in [2.75, 3.05) is 19.4 Å². The number of anilines is 1. The fraction of sp³-hybridized carbons (Fsp3) is 0.273. The first-order valence-corrected chi connectivity index (χ1v) is 5.53. The van der Waals surface area contributed by atoms with Crippen LogP contribution in [0.5, 0.6) is 5.75 Å². The van der Waals surface area contributed by atoms with E-state index in [1.54, 1.807) is 0 Å². The molecule has 0 atom stereocenters. The van der Waals surface area contributed by atoms with Crippen molar-refractivity contribution in [3.05, 3.63) is 22.7 Å². The van der Waals surface area contributed by atoms with Crippen molar-refractivity contribution in [2.45, 2.75) is 6.42 Å². The molecule has 0 aliphatic carbocycles. The number of amides is 2. The molecule has 0 aliphatic heterocycles. The monoisotopic (exact) mass is 307 g/mol. The van der Waals surface area contributed by atoms with E-state index in [1.165, 1.54) is 19.2 Å². The van der Waals surface area contributed by atoms with Gasteiger partial charge in [0.1, 0.15) is 5.75 Å². The third-order valence-electron chi connectivity index (χ3n) is 2.22. The molecule has 106 valence electrons. The Balaban J connectivity index is 0.00000324. The number of ether oxygens (including phenoxy) is 1. The zero-order valence-electron chi connectivity index (χ0n) is 10.2. The number of primary amides is 1. The van der Waals surface area contributed by atoms with E-state index in [0.29, 0.717) is 11.4 Å². The molecule has 0 aromatic heterocycles. The second-order valence-corrected chi connectivity index (χ2v) is 3.95. The molecule has 8 heteroatoms. The van der Waals surface area contributed by atoms with E-state index in [9.17, 15) is 9.59 Å². The van der Waals surface area contributed by atoms with E-state index in [2.05, 4.69) is 5.32 Å². The number of benzene rings is 1. The number of rotatable bonds is 5. The third-order valence-corrected chi connectivity index (χ3v) is 2.55. The lowest BCUT2D eigenvalue weighted by molar-refractivity contribution is -0.117. The molecule has 1 aromatic rings. The molecule has 0 heterocycles. The summed E-state index contributed by atoms with van der Waals surface area (Å²) < 4.78 is 5.04. The van der Waals surface area contributed by atoms with Gasteiger partial charge in [0.05, 0.1) is 23.4 Å². The molecule has 6 nitrogen and oxygen atoms in total. The highest BCUT2D eigenvalue weighted by molar-refractivity contribution is 6.33. The van der Waals surface area contributed by atoms with E-state index in [0.717, 1.165) is 0 Å². The number of carbonyl (C=O) groups excluding carboxylic acids is 2. The van der Waals surface area contributed by atoms with Gasteiger partial charge in [-0.25, -0.2) is 0 Å². The Labute approximate surface area is 121 Å². The van der Waals surface area contributed by atoms with Gasteiger partial charge in [-0.05, 0) is 6.07 Å². The first-order chi connectivity index (χ1) is 8.45. The van der Waals surface area contributed by atoms with Crippen LogP contribution in [0.3, 0.4) is 0 Å². The average molecular weight is 308 g/mol. The number of carbonyl (C=O) groups is 2. The second kappa shape index (κ2) is 7.70. The van der Waals surface area contributed by atoms with Gasteiger partial charge in [-0.15, -0.1) is 12.4 Å². The molecule has 0 fully saturated rings. The molecule has 0 bridgehead atoms. The minimum Gasteiger partial charge on any atom is -0.496 e. The lowest BCUT2D eigenvalue weighted by Gasteiger charge is -2.10. The van der Waals surface area contributed by atoms with Crippen molar-refractivity contribution in [3.63, 3.8) is 0 Å². The summed E-state index contributed by atoms with van der Waals surface area (Å²) in [5, 5.41) is 2.79. The van der Waals surface area contributed by atoms with E-state index < -0.39 is 11.8 Å². The largest absolute Gasteiger partial charge is 0.496 e. The SMILES string of the molecule is COc1cc(N)c(Cl)cc1C(=O)NCCC(N)=O.Cl. The van der Waals surface area contributed by atoms with Crippen molar-refractivity contribution in [2.24, 2.45) is 5.73 Å². The molecule has 19 heavy (non-hydrogen) atoms. The number of hydrogen-bond donors (Lipinski definition) is 3.